The summed E-state index contributed by atoms with van der Waals surface area (Å²) in [6, 6.07) is 10.8. The van der Waals surface area contributed by atoms with Crippen molar-refractivity contribution in [3.8, 4) is 0 Å². The molecule has 29 heavy (non-hydrogen) atoms. The Bertz CT molecular complexity index is 1160. The van der Waals surface area contributed by atoms with Gasteiger partial charge >= 0.3 is 0 Å². The molecule has 0 aliphatic carbocycles. The summed E-state index contributed by atoms with van der Waals surface area (Å²) in [5.74, 6) is -0.139. The van der Waals surface area contributed by atoms with Crippen LogP contribution in [-0.4, -0.2) is 48.5 Å². The lowest BCUT2D eigenvalue weighted by Gasteiger charge is -2.23. The number of sulfonamides is 1. The molecule has 1 aliphatic rings. The summed E-state index contributed by atoms with van der Waals surface area (Å²) in [5.41, 5.74) is 1.09. The molecule has 1 aromatic heterocycles. The van der Waals surface area contributed by atoms with Crippen molar-refractivity contribution in [2.45, 2.75) is 23.8 Å². The van der Waals surface area contributed by atoms with Crippen molar-refractivity contribution in [3.63, 3.8) is 0 Å². The number of rotatable bonds is 5. The number of benzene rings is 2. The molecule has 2 N–H and O–H groups in total. The van der Waals surface area contributed by atoms with Crippen LogP contribution in [-0.2, 0) is 10.0 Å². The molecule has 1 amide bonds. The Morgan fingerprint density at radius 3 is 2.76 bits per heavy atom. The number of aliphatic hydroxyl groups is 1. The van der Waals surface area contributed by atoms with E-state index in [1.807, 2.05) is 0 Å². The Hall–Kier alpha value is -2.20. The highest BCUT2D eigenvalue weighted by Crippen LogP contribution is 2.30. The van der Waals surface area contributed by atoms with E-state index in [1.165, 1.54) is 24.3 Å². The number of hydrogen-bond acceptors (Lipinski definition) is 6. The topological polar surface area (TPSA) is 99.6 Å². The Morgan fingerprint density at radius 2 is 2.03 bits per heavy atom. The SMILES string of the molecule is O=C(c1ccc2nc(NS(=O)(=O)c3ccc(Cl)cc3)sc2c1)N1CCC[C@H]1CO. The van der Waals surface area contributed by atoms with E-state index in [1.54, 1.807) is 23.1 Å². The van der Waals surface area contributed by atoms with E-state index in [-0.39, 0.29) is 28.6 Å². The van der Waals surface area contributed by atoms with Gasteiger partial charge in [0.25, 0.3) is 15.9 Å². The van der Waals surface area contributed by atoms with Gasteiger partial charge in [-0.05, 0) is 55.3 Å². The summed E-state index contributed by atoms with van der Waals surface area (Å²) in [7, 11) is -3.79. The zero-order valence-electron chi connectivity index (χ0n) is 15.2. The first-order valence-electron chi connectivity index (χ1n) is 8.98. The average molecular weight is 452 g/mol. The molecule has 2 heterocycles. The number of aromatic nitrogens is 1. The number of hydrogen-bond donors (Lipinski definition) is 2. The third-order valence-corrected chi connectivity index (χ3v) is 7.50. The lowest BCUT2D eigenvalue weighted by Crippen LogP contribution is -2.37. The number of fused-ring (bicyclic) bond motifs is 1. The first-order chi connectivity index (χ1) is 13.9. The van der Waals surface area contributed by atoms with Crippen molar-refractivity contribution in [2.75, 3.05) is 17.9 Å². The molecule has 1 aliphatic heterocycles. The molecule has 4 rings (SSSR count). The Balaban J connectivity index is 1.58. The number of carbonyl (C=O) groups is 1. The fourth-order valence-corrected chi connectivity index (χ4v) is 5.61. The van der Waals surface area contributed by atoms with Crippen LogP contribution in [0.25, 0.3) is 10.2 Å². The number of anilines is 1. The van der Waals surface area contributed by atoms with Crippen LogP contribution in [0.15, 0.2) is 47.4 Å². The third-order valence-electron chi connectivity index (χ3n) is 4.83. The van der Waals surface area contributed by atoms with Gasteiger partial charge in [-0.15, -0.1) is 0 Å². The molecule has 0 saturated carbocycles. The van der Waals surface area contributed by atoms with Crippen LogP contribution in [0.2, 0.25) is 5.02 Å². The first kappa shape index (κ1) is 20.1. The zero-order chi connectivity index (χ0) is 20.6. The summed E-state index contributed by atoms with van der Waals surface area (Å²) in [6.07, 6.45) is 1.66. The molecule has 7 nitrogen and oxygen atoms in total. The van der Waals surface area contributed by atoms with Crippen LogP contribution in [0.1, 0.15) is 23.2 Å². The second-order valence-electron chi connectivity index (χ2n) is 6.74. The fourth-order valence-electron chi connectivity index (χ4n) is 3.35. The maximum absolute atomic E-state index is 12.8. The number of likely N-dealkylation sites (tertiary alicyclic amines) is 1. The highest BCUT2D eigenvalue weighted by molar-refractivity contribution is 7.93. The number of carbonyl (C=O) groups excluding carboxylic acids is 1. The average Bonchev–Trinajstić information content (AvgIpc) is 3.32. The standard InChI is InChI=1S/C19H18ClN3O4S2/c20-13-4-6-15(7-5-13)29(26,27)22-19-21-16-8-3-12(10-17(16)28-19)18(25)23-9-1-2-14(23)11-24/h3-8,10,14,24H,1-2,9,11H2,(H,21,22)/t14-/m0/s1. The molecule has 1 fully saturated rings. The minimum atomic E-state index is -3.79. The largest absolute Gasteiger partial charge is 0.394 e. The lowest BCUT2D eigenvalue weighted by atomic mass is 10.1. The van der Waals surface area contributed by atoms with Crippen molar-refractivity contribution < 1.29 is 18.3 Å². The van der Waals surface area contributed by atoms with Gasteiger partial charge in [0.1, 0.15) is 0 Å². The van der Waals surface area contributed by atoms with Gasteiger partial charge < -0.3 is 10.0 Å². The quantitative estimate of drug-likeness (QED) is 0.619. The lowest BCUT2D eigenvalue weighted by molar-refractivity contribution is 0.0678. The predicted molar refractivity (Wildman–Crippen MR) is 113 cm³/mol. The molecule has 0 radical (unpaired) electrons. The van der Waals surface area contributed by atoms with Crippen LogP contribution in [0.3, 0.4) is 0 Å². The van der Waals surface area contributed by atoms with Crippen molar-refractivity contribution in [1.29, 1.82) is 0 Å². The van der Waals surface area contributed by atoms with Crippen LogP contribution < -0.4 is 4.72 Å². The van der Waals surface area contributed by atoms with Crippen molar-refractivity contribution >= 4 is 54.2 Å². The molecule has 3 aromatic rings. The second-order valence-corrected chi connectivity index (χ2v) is 9.89. The Kier molecular flexibility index (Phi) is 5.48. The normalized spacial score (nSPS) is 17.0. The highest BCUT2D eigenvalue weighted by atomic mass is 35.5. The molecule has 1 saturated heterocycles. The van der Waals surface area contributed by atoms with Gasteiger partial charge in [0, 0.05) is 17.1 Å². The zero-order valence-corrected chi connectivity index (χ0v) is 17.6. The number of amides is 1. The monoisotopic (exact) mass is 451 g/mol. The van der Waals surface area contributed by atoms with E-state index in [2.05, 4.69) is 9.71 Å². The molecule has 152 valence electrons. The summed E-state index contributed by atoms with van der Waals surface area (Å²) in [4.78, 5) is 18.9. The van der Waals surface area contributed by atoms with Crippen LogP contribution >= 0.6 is 22.9 Å². The molecule has 0 spiro atoms. The second kappa shape index (κ2) is 7.91. The molecule has 10 heteroatoms. The first-order valence-corrected chi connectivity index (χ1v) is 11.7. The van der Waals surface area contributed by atoms with E-state index in [4.69, 9.17) is 11.6 Å². The molecule has 2 aromatic carbocycles. The van der Waals surface area contributed by atoms with Gasteiger partial charge in [-0.2, -0.15) is 0 Å². The minimum absolute atomic E-state index is 0.0504. The van der Waals surface area contributed by atoms with Crippen molar-refractivity contribution in [3.05, 3.63) is 53.1 Å². The van der Waals surface area contributed by atoms with E-state index in [0.29, 0.717) is 27.3 Å². The number of nitrogens with zero attached hydrogens (tertiary/aromatic N) is 2. The number of nitrogens with one attached hydrogen (secondary N) is 1. The summed E-state index contributed by atoms with van der Waals surface area (Å²) in [6.45, 7) is 0.572. The maximum atomic E-state index is 12.8. The summed E-state index contributed by atoms with van der Waals surface area (Å²) < 4.78 is 28.2. The van der Waals surface area contributed by atoms with E-state index < -0.39 is 10.0 Å². The number of thiazole rings is 1. The Labute approximate surface area is 177 Å². The molecular formula is C19H18ClN3O4S2. The van der Waals surface area contributed by atoms with Gasteiger partial charge in [-0.3, -0.25) is 9.52 Å². The summed E-state index contributed by atoms with van der Waals surface area (Å²) >= 11 is 6.97. The van der Waals surface area contributed by atoms with Crippen LogP contribution in [0.4, 0.5) is 5.13 Å². The number of aliphatic hydroxyl groups excluding tert-OH is 1. The molecule has 0 unspecified atom stereocenters. The van der Waals surface area contributed by atoms with E-state index >= 15 is 0 Å². The number of halogens is 1. The van der Waals surface area contributed by atoms with Gasteiger partial charge in [0.05, 0.1) is 27.8 Å². The highest BCUT2D eigenvalue weighted by Gasteiger charge is 2.29. The van der Waals surface area contributed by atoms with E-state index in [0.717, 1.165) is 24.2 Å². The maximum Gasteiger partial charge on any atom is 0.263 e. The van der Waals surface area contributed by atoms with Gasteiger partial charge in [0.15, 0.2) is 5.13 Å². The third kappa shape index (κ3) is 4.09. The summed E-state index contributed by atoms with van der Waals surface area (Å²) in [5, 5.41) is 10.1. The predicted octanol–water partition coefficient (Wildman–Crippen LogP) is 3.35. The smallest absolute Gasteiger partial charge is 0.263 e. The van der Waals surface area contributed by atoms with Crippen LogP contribution in [0, 0.1) is 0 Å². The van der Waals surface area contributed by atoms with Crippen LogP contribution in [0.5, 0.6) is 0 Å². The van der Waals surface area contributed by atoms with Crippen molar-refractivity contribution in [1.82, 2.24) is 9.88 Å². The van der Waals surface area contributed by atoms with Crippen molar-refractivity contribution in [2.24, 2.45) is 0 Å². The van der Waals surface area contributed by atoms with Gasteiger partial charge in [0.2, 0.25) is 0 Å². The fraction of sp³-hybridized carbons (Fsp3) is 0.263. The minimum Gasteiger partial charge on any atom is -0.394 e. The molecule has 1 atom stereocenters. The van der Waals surface area contributed by atoms with Gasteiger partial charge in [-0.1, -0.05) is 22.9 Å². The molecular weight excluding hydrogens is 434 g/mol. The van der Waals surface area contributed by atoms with Gasteiger partial charge in [-0.25, -0.2) is 13.4 Å². The Morgan fingerprint density at radius 1 is 1.28 bits per heavy atom. The molecule has 0 bridgehead atoms. The van der Waals surface area contributed by atoms with E-state index in [9.17, 15) is 18.3 Å².